The van der Waals surface area contributed by atoms with Crippen molar-refractivity contribution in [2.45, 2.75) is 13.0 Å². The summed E-state index contributed by atoms with van der Waals surface area (Å²) in [5.41, 5.74) is 0. The van der Waals surface area contributed by atoms with Crippen LogP contribution < -0.4 is 10.6 Å². The van der Waals surface area contributed by atoms with Crippen LogP contribution in [0.1, 0.15) is 6.42 Å². The molecule has 0 saturated carbocycles. The normalized spacial score (nSPS) is 20.7. The third-order valence-corrected chi connectivity index (χ3v) is 3.60. The van der Waals surface area contributed by atoms with Gasteiger partial charge in [-0.05, 0) is 38.1 Å². The number of aromatic nitrogens is 1. The fourth-order valence-electron chi connectivity index (χ4n) is 2.48. The average Bonchev–Trinajstić information content (AvgIpc) is 3.05. The zero-order chi connectivity index (χ0) is 13.5. The summed E-state index contributed by atoms with van der Waals surface area (Å²) in [7, 11) is 4.01. The van der Waals surface area contributed by atoms with Gasteiger partial charge in [0, 0.05) is 45.6 Å². The van der Waals surface area contributed by atoms with E-state index in [0.29, 0.717) is 0 Å². The van der Waals surface area contributed by atoms with Gasteiger partial charge in [0.25, 0.3) is 0 Å². The van der Waals surface area contributed by atoms with Gasteiger partial charge < -0.3 is 20.1 Å². The number of hydrogen-bond donors (Lipinski definition) is 2. The van der Waals surface area contributed by atoms with E-state index in [2.05, 4.69) is 44.5 Å². The van der Waals surface area contributed by atoms with Crippen molar-refractivity contribution < 1.29 is 0 Å². The highest BCUT2D eigenvalue weighted by atomic mass is 15.2. The van der Waals surface area contributed by atoms with Crippen LogP contribution >= 0.6 is 0 Å². The van der Waals surface area contributed by atoms with Gasteiger partial charge in [-0.3, -0.25) is 4.99 Å². The summed E-state index contributed by atoms with van der Waals surface area (Å²) in [6, 6.07) is 4.09. The molecule has 2 N–H and O–H groups in total. The van der Waals surface area contributed by atoms with Gasteiger partial charge in [-0.2, -0.15) is 0 Å². The van der Waals surface area contributed by atoms with Crippen molar-refractivity contribution in [2.24, 2.45) is 10.9 Å². The van der Waals surface area contributed by atoms with Crippen LogP contribution in [0.2, 0.25) is 0 Å². The number of nitrogens with zero attached hydrogens (tertiary/aromatic N) is 3. The monoisotopic (exact) mass is 263 g/mol. The molecule has 0 amide bonds. The highest BCUT2D eigenvalue weighted by Crippen LogP contribution is 2.12. The first-order valence-corrected chi connectivity index (χ1v) is 7.01. The predicted molar refractivity (Wildman–Crippen MR) is 79.4 cm³/mol. The Hall–Kier alpha value is -1.49. The van der Waals surface area contributed by atoms with Gasteiger partial charge in [-0.15, -0.1) is 0 Å². The number of hydrogen-bond acceptors (Lipinski definition) is 2. The third kappa shape index (κ3) is 4.59. The topological polar surface area (TPSA) is 44.6 Å². The van der Waals surface area contributed by atoms with E-state index >= 15 is 0 Å². The Labute approximate surface area is 115 Å². The first-order chi connectivity index (χ1) is 9.28. The maximum atomic E-state index is 4.26. The molecule has 0 aromatic carbocycles. The molecular formula is C14H25N5. The quantitative estimate of drug-likeness (QED) is 0.604. The minimum atomic E-state index is 0.744. The second kappa shape index (κ2) is 7.19. The summed E-state index contributed by atoms with van der Waals surface area (Å²) >= 11 is 0. The zero-order valence-electron chi connectivity index (χ0n) is 12.0. The molecule has 2 heterocycles. The summed E-state index contributed by atoms with van der Waals surface area (Å²) in [6.45, 7) is 5.26. The van der Waals surface area contributed by atoms with Crippen LogP contribution in [0, 0.1) is 5.92 Å². The highest BCUT2D eigenvalue weighted by Gasteiger charge is 2.19. The van der Waals surface area contributed by atoms with E-state index in [9.17, 15) is 0 Å². The van der Waals surface area contributed by atoms with Crippen molar-refractivity contribution in [1.82, 2.24) is 20.1 Å². The molecule has 5 nitrogen and oxygen atoms in total. The van der Waals surface area contributed by atoms with Crippen molar-refractivity contribution in [3.8, 4) is 0 Å². The van der Waals surface area contributed by atoms with Gasteiger partial charge in [-0.25, -0.2) is 0 Å². The molecule has 1 aromatic heterocycles. The minimum Gasteiger partial charge on any atom is -0.356 e. The molecule has 19 heavy (non-hydrogen) atoms. The van der Waals surface area contributed by atoms with E-state index in [1.807, 2.05) is 19.2 Å². The fraction of sp³-hybridized carbons (Fsp3) is 0.643. The maximum absolute atomic E-state index is 4.26. The van der Waals surface area contributed by atoms with Crippen LogP contribution in [-0.4, -0.2) is 55.7 Å². The van der Waals surface area contributed by atoms with Crippen molar-refractivity contribution in [3.05, 3.63) is 24.5 Å². The van der Waals surface area contributed by atoms with Gasteiger partial charge >= 0.3 is 0 Å². The molecule has 1 aliphatic rings. The average molecular weight is 263 g/mol. The van der Waals surface area contributed by atoms with Crippen molar-refractivity contribution in [1.29, 1.82) is 0 Å². The van der Waals surface area contributed by atoms with Crippen LogP contribution in [-0.2, 0) is 6.54 Å². The molecule has 1 unspecified atom stereocenters. The minimum absolute atomic E-state index is 0.744. The molecule has 0 bridgehead atoms. The molecule has 0 radical (unpaired) electrons. The smallest absolute Gasteiger partial charge is 0.191 e. The van der Waals surface area contributed by atoms with Crippen molar-refractivity contribution in [3.63, 3.8) is 0 Å². The Morgan fingerprint density at radius 1 is 1.32 bits per heavy atom. The summed E-state index contributed by atoms with van der Waals surface area (Å²) in [4.78, 5) is 6.64. The Morgan fingerprint density at radius 2 is 2.11 bits per heavy atom. The largest absolute Gasteiger partial charge is 0.356 e. The lowest BCUT2D eigenvalue weighted by Gasteiger charge is -2.15. The Bertz CT molecular complexity index is 385. The van der Waals surface area contributed by atoms with E-state index < -0.39 is 0 Å². The summed E-state index contributed by atoms with van der Waals surface area (Å²) in [6.07, 6.45) is 5.43. The van der Waals surface area contributed by atoms with E-state index in [0.717, 1.165) is 31.5 Å². The Morgan fingerprint density at radius 3 is 2.74 bits per heavy atom. The molecule has 1 saturated heterocycles. The number of aliphatic imine (C=N–C) groups is 1. The second-order valence-corrected chi connectivity index (χ2v) is 5.22. The Kier molecular flexibility index (Phi) is 5.27. The molecule has 0 aliphatic carbocycles. The maximum Gasteiger partial charge on any atom is 0.191 e. The molecular weight excluding hydrogens is 238 g/mol. The molecule has 5 heteroatoms. The van der Waals surface area contributed by atoms with Gasteiger partial charge in [0.15, 0.2) is 5.96 Å². The fourth-order valence-corrected chi connectivity index (χ4v) is 2.48. The molecule has 1 aliphatic heterocycles. The van der Waals surface area contributed by atoms with Crippen LogP contribution in [0.25, 0.3) is 0 Å². The van der Waals surface area contributed by atoms with E-state index in [4.69, 9.17) is 0 Å². The lowest BCUT2D eigenvalue weighted by atomic mass is 10.1. The van der Waals surface area contributed by atoms with Crippen molar-refractivity contribution in [2.75, 3.05) is 40.3 Å². The van der Waals surface area contributed by atoms with Crippen LogP contribution in [0.15, 0.2) is 29.5 Å². The zero-order valence-corrected chi connectivity index (χ0v) is 12.0. The molecule has 1 aromatic rings. The van der Waals surface area contributed by atoms with Crippen LogP contribution in [0.3, 0.4) is 0 Å². The summed E-state index contributed by atoms with van der Waals surface area (Å²) in [5.74, 6) is 1.65. The first kappa shape index (κ1) is 13.9. The van der Waals surface area contributed by atoms with E-state index in [1.54, 1.807) is 0 Å². The predicted octanol–water partition coefficient (Wildman–Crippen LogP) is 0.605. The third-order valence-electron chi connectivity index (χ3n) is 3.60. The number of rotatable bonds is 5. The van der Waals surface area contributed by atoms with Gasteiger partial charge in [-0.1, -0.05) is 0 Å². The number of guanidine groups is 1. The molecule has 1 fully saturated rings. The second-order valence-electron chi connectivity index (χ2n) is 5.22. The van der Waals surface area contributed by atoms with Gasteiger partial charge in [0.05, 0.1) is 0 Å². The Balaban J connectivity index is 1.63. The molecule has 106 valence electrons. The SMILES string of the molecule is CN=C(NCCn1cccc1)NCC1CCN(C)C1. The van der Waals surface area contributed by atoms with Gasteiger partial charge in [0.2, 0.25) is 0 Å². The van der Waals surface area contributed by atoms with Crippen molar-refractivity contribution >= 4 is 5.96 Å². The first-order valence-electron chi connectivity index (χ1n) is 7.01. The van der Waals surface area contributed by atoms with Crippen LogP contribution in [0.4, 0.5) is 0 Å². The lowest BCUT2D eigenvalue weighted by molar-refractivity contribution is 0.394. The van der Waals surface area contributed by atoms with Gasteiger partial charge in [0.1, 0.15) is 0 Å². The highest BCUT2D eigenvalue weighted by molar-refractivity contribution is 5.79. The number of nitrogens with one attached hydrogen (secondary N) is 2. The lowest BCUT2D eigenvalue weighted by Crippen LogP contribution is -2.41. The number of likely N-dealkylation sites (tertiary alicyclic amines) is 1. The summed E-state index contributed by atoms with van der Waals surface area (Å²) < 4.78 is 2.16. The molecule has 1 atom stereocenters. The van der Waals surface area contributed by atoms with E-state index in [1.165, 1.54) is 19.5 Å². The molecule has 0 spiro atoms. The van der Waals surface area contributed by atoms with Crippen LogP contribution in [0.5, 0.6) is 0 Å². The molecule has 2 rings (SSSR count). The standard InChI is InChI=1S/C14H25N5/c1-15-14(16-6-10-19-7-3-4-8-19)17-11-13-5-9-18(2)12-13/h3-4,7-8,13H,5-6,9-12H2,1-2H3,(H2,15,16,17). The summed E-state index contributed by atoms with van der Waals surface area (Å²) in [5, 5.41) is 6.76. The van der Waals surface area contributed by atoms with E-state index in [-0.39, 0.29) is 0 Å².